The van der Waals surface area contributed by atoms with Crippen LogP contribution >= 0.6 is 11.3 Å². The number of amides is 1. The van der Waals surface area contributed by atoms with Gasteiger partial charge in [0.1, 0.15) is 6.26 Å². The predicted octanol–water partition coefficient (Wildman–Crippen LogP) is 3.04. The number of morpholine rings is 1. The van der Waals surface area contributed by atoms with Crippen LogP contribution in [0.4, 0.5) is 10.8 Å². The summed E-state index contributed by atoms with van der Waals surface area (Å²) in [5.41, 5.74) is 3.22. The van der Waals surface area contributed by atoms with Crippen molar-refractivity contribution in [1.82, 2.24) is 25.1 Å². The number of nitrogens with one attached hydrogen (secondary N) is 2. The summed E-state index contributed by atoms with van der Waals surface area (Å²) >= 11 is 1.58. The van der Waals surface area contributed by atoms with E-state index in [1.54, 1.807) is 23.7 Å². The standard InChI is InChI=1S/C20H19N7O3S/c28-18(14-10-30-19(24-14)12-8-21-22-9-12)23-13-7-15-17(25-16(13)11-1-2-11)26-20(31-15)27-3-5-29-6-4-27/h7-11H,1-6H2,(H,21,22)(H,23,28). The second kappa shape index (κ2) is 7.43. The zero-order chi connectivity index (χ0) is 20.8. The summed E-state index contributed by atoms with van der Waals surface area (Å²) in [6.45, 7) is 3.06. The van der Waals surface area contributed by atoms with Crippen molar-refractivity contribution in [3.05, 3.63) is 36.1 Å². The molecule has 0 radical (unpaired) electrons. The maximum Gasteiger partial charge on any atom is 0.277 e. The van der Waals surface area contributed by atoms with E-state index in [0.29, 0.717) is 36.3 Å². The molecule has 1 saturated heterocycles. The van der Waals surface area contributed by atoms with Gasteiger partial charge in [-0.3, -0.25) is 9.89 Å². The highest BCUT2D eigenvalue weighted by molar-refractivity contribution is 7.22. The van der Waals surface area contributed by atoms with E-state index in [0.717, 1.165) is 47.1 Å². The summed E-state index contributed by atoms with van der Waals surface area (Å²) in [6.07, 6.45) is 6.73. The lowest BCUT2D eigenvalue weighted by Gasteiger charge is -2.25. The number of rotatable bonds is 5. The molecule has 1 aliphatic carbocycles. The zero-order valence-electron chi connectivity index (χ0n) is 16.5. The van der Waals surface area contributed by atoms with Gasteiger partial charge in [-0.25, -0.2) is 9.97 Å². The van der Waals surface area contributed by atoms with Crippen molar-refractivity contribution in [2.75, 3.05) is 36.5 Å². The summed E-state index contributed by atoms with van der Waals surface area (Å²) in [4.78, 5) is 28.9. The molecule has 1 amide bonds. The van der Waals surface area contributed by atoms with E-state index in [1.807, 2.05) is 6.07 Å². The predicted molar refractivity (Wildman–Crippen MR) is 114 cm³/mol. The van der Waals surface area contributed by atoms with Crippen LogP contribution in [0.2, 0.25) is 0 Å². The molecule has 10 nitrogen and oxygen atoms in total. The van der Waals surface area contributed by atoms with Crippen molar-refractivity contribution in [2.24, 2.45) is 0 Å². The highest BCUT2D eigenvalue weighted by Gasteiger charge is 2.30. The van der Waals surface area contributed by atoms with Crippen molar-refractivity contribution in [2.45, 2.75) is 18.8 Å². The molecule has 0 bridgehead atoms. The second-order valence-corrected chi connectivity index (χ2v) is 8.60. The normalized spacial score (nSPS) is 16.7. The summed E-state index contributed by atoms with van der Waals surface area (Å²) in [5.74, 6) is 0.360. The van der Waals surface area contributed by atoms with Crippen LogP contribution in [0.15, 0.2) is 29.1 Å². The molecule has 0 unspecified atom stereocenters. The molecule has 158 valence electrons. The Morgan fingerprint density at radius 3 is 2.87 bits per heavy atom. The number of H-pyrrole nitrogens is 1. The first-order chi connectivity index (χ1) is 15.2. The van der Waals surface area contributed by atoms with E-state index in [9.17, 15) is 4.79 Å². The number of carbonyl (C=O) groups excluding carboxylic acids is 1. The molecule has 2 N–H and O–H groups in total. The number of pyridine rings is 1. The summed E-state index contributed by atoms with van der Waals surface area (Å²) in [7, 11) is 0. The van der Waals surface area contributed by atoms with Crippen molar-refractivity contribution >= 4 is 38.4 Å². The van der Waals surface area contributed by atoms with Gasteiger partial charge in [0.2, 0.25) is 5.89 Å². The van der Waals surface area contributed by atoms with Crippen LogP contribution < -0.4 is 10.2 Å². The number of hydrogen-bond donors (Lipinski definition) is 2. The SMILES string of the molecule is O=C(Nc1cc2sc(N3CCOCC3)nc2nc1C1CC1)c1coc(-c2cn[nH]c2)n1. The third-order valence-electron chi connectivity index (χ3n) is 5.38. The van der Waals surface area contributed by atoms with Gasteiger partial charge in [0.25, 0.3) is 5.91 Å². The second-order valence-electron chi connectivity index (χ2n) is 7.59. The quantitative estimate of drug-likeness (QED) is 0.489. The van der Waals surface area contributed by atoms with Crippen LogP contribution in [0.1, 0.15) is 34.9 Å². The number of nitrogens with zero attached hydrogens (tertiary/aromatic N) is 5. The van der Waals surface area contributed by atoms with Crippen molar-refractivity contribution < 1.29 is 13.9 Å². The number of aromatic nitrogens is 5. The minimum Gasteiger partial charge on any atom is -0.444 e. The minimum absolute atomic E-state index is 0.205. The first-order valence-electron chi connectivity index (χ1n) is 10.1. The molecule has 0 atom stereocenters. The van der Waals surface area contributed by atoms with Gasteiger partial charge in [-0.2, -0.15) is 10.1 Å². The Morgan fingerprint density at radius 1 is 1.23 bits per heavy atom. The zero-order valence-corrected chi connectivity index (χ0v) is 17.3. The number of fused-ring (bicyclic) bond motifs is 1. The Labute approximate surface area is 180 Å². The summed E-state index contributed by atoms with van der Waals surface area (Å²) in [5, 5.41) is 10.5. The van der Waals surface area contributed by atoms with Crippen LogP contribution in [0.3, 0.4) is 0 Å². The highest BCUT2D eigenvalue weighted by Crippen LogP contribution is 2.44. The lowest BCUT2D eigenvalue weighted by Crippen LogP contribution is -2.36. The lowest BCUT2D eigenvalue weighted by molar-refractivity contribution is 0.102. The monoisotopic (exact) mass is 437 g/mol. The van der Waals surface area contributed by atoms with Gasteiger partial charge < -0.3 is 19.4 Å². The third kappa shape index (κ3) is 3.55. The molecule has 5 heterocycles. The van der Waals surface area contributed by atoms with Gasteiger partial charge in [-0.15, -0.1) is 0 Å². The van der Waals surface area contributed by atoms with Gasteiger partial charge in [0, 0.05) is 25.2 Å². The molecule has 4 aromatic heterocycles. The summed E-state index contributed by atoms with van der Waals surface area (Å²) < 4.78 is 11.8. The maximum absolute atomic E-state index is 12.9. The summed E-state index contributed by atoms with van der Waals surface area (Å²) in [6, 6.07) is 1.98. The number of anilines is 2. The van der Waals surface area contributed by atoms with Crippen LogP contribution in [-0.4, -0.2) is 57.4 Å². The fourth-order valence-corrected chi connectivity index (χ4v) is 4.59. The largest absolute Gasteiger partial charge is 0.444 e. The number of hydrogen-bond acceptors (Lipinski definition) is 9. The molecule has 2 fully saturated rings. The molecule has 0 spiro atoms. The molecule has 6 rings (SSSR count). The molecule has 1 saturated carbocycles. The molecule has 11 heteroatoms. The molecular formula is C20H19N7O3S. The first-order valence-corrected chi connectivity index (χ1v) is 11.0. The fourth-order valence-electron chi connectivity index (χ4n) is 3.59. The maximum atomic E-state index is 12.9. The van der Waals surface area contributed by atoms with Crippen LogP contribution in [0.25, 0.3) is 21.8 Å². The van der Waals surface area contributed by atoms with Gasteiger partial charge in [0.05, 0.1) is 41.1 Å². The number of thiazole rings is 1. The van der Waals surface area contributed by atoms with Crippen molar-refractivity contribution in [3.8, 4) is 11.5 Å². The van der Waals surface area contributed by atoms with Crippen molar-refractivity contribution in [1.29, 1.82) is 0 Å². The molecule has 4 aromatic rings. The van der Waals surface area contributed by atoms with E-state index in [2.05, 4.69) is 25.4 Å². The Hall–Kier alpha value is -3.31. The minimum atomic E-state index is -0.334. The van der Waals surface area contributed by atoms with E-state index >= 15 is 0 Å². The fraction of sp³-hybridized carbons (Fsp3) is 0.350. The van der Waals surface area contributed by atoms with Gasteiger partial charge >= 0.3 is 0 Å². The Morgan fingerprint density at radius 2 is 2.10 bits per heavy atom. The number of oxazole rings is 1. The van der Waals surface area contributed by atoms with E-state index < -0.39 is 0 Å². The molecule has 31 heavy (non-hydrogen) atoms. The van der Waals surface area contributed by atoms with Crippen LogP contribution in [0.5, 0.6) is 0 Å². The number of carbonyl (C=O) groups is 1. The average molecular weight is 437 g/mol. The molecular weight excluding hydrogens is 418 g/mol. The Balaban J connectivity index is 1.30. The number of aromatic amines is 1. The smallest absolute Gasteiger partial charge is 0.277 e. The topological polar surface area (TPSA) is 122 Å². The average Bonchev–Trinajstić information content (AvgIpc) is 3.20. The van der Waals surface area contributed by atoms with Crippen molar-refractivity contribution in [3.63, 3.8) is 0 Å². The lowest BCUT2D eigenvalue weighted by atomic mass is 10.2. The van der Waals surface area contributed by atoms with Crippen LogP contribution in [-0.2, 0) is 4.74 Å². The molecule has 0 aromatic carbocycles. The van der Waals surface area contributed by atoms with Gasteiger partial charge in [0.15, 0.2) is 16.5 Å². The molecule has 1 aliphatic heterocycles. The Bertz CT molecular complexity index is 1240. The van der Waals surface area contributed by atoms with Crippen LogP contribution in [0, 0.1) is 0 Å². The van der Waals surface area contributed by atoms with E-state index in [4.69, 9.17) is 19.1 Å². The van der Waals surface area contributed by atoms with Gasteiger partial charge in [-0.1, -0.05) is 11.3 Å². The van der Waals surface area contributed by atoms with Gasteiger partial charge in [-0.05, 0) is 18.9 Å². The highest BCUT2D eigenvalue weighted by atomic mass is 32.1. The third-order valence-corrected chi connectivity index (χ3v) is 6.43. The Kier molecular flexibility index (Phi) is 4.42. The molecule has 2 aliphatic rings. The number of ether oxygens (including phenoxy) is 1. The van der Waals surface area contributed by atoms with E-state index in [1.165, 1.54) is 6.26 Å². The van der Waals surface area contributed by atoms with E-state index in [-0.39, 0.29) is 11.6 Å². The first kappa shape index (κ1) is 18.5.